The SMILES string of the molecule is CC(NC(=O)c1ccc(/C=C/C(=O)O)s1)C1CCOCC1. The lowest BCUT2D eigenvalue weighted by atomic mass is 9.93. The van der Waals surface area contributed by atoms with Gasteiger partial charge >= 0.3 is 5.97 Å². The van der Waals surface area contributed by atoms with Crippen LogP contribution in [0.25, 0.3) is 6.08 Å². The van der Waals surface area contributed by atoms with Crippen LogP contribution in [0.1, 0.15) is 34.3 Å². The predicted octanol–water partition coefficient (Wildman–Crippen LogP) is 2.39. The first kappa shape index (κ1) is 15.7. The van der Waals surface area contributed by atoms with E-state index < -0.39 is 5.97 Å². The van der Waals surface area contributed by atoms with Crippen LogP contribution in [0.5, 0.6) is 0 Å². The molecule has 1 aliphatic heterocycles. The maximum atomic E-state index is 12.2. The molecule has 0 aromatic carbocycles. The monoisotopic (exact) mass is 309 g/mol. The molecule has 2 rings (SSSR count). The van der Waals surface area contributed by atoms with Crippen LogP contribution in [0.15, 0.2) is 18.2 Å². The molecule has 1 unspecified atom stereocenters. The van der Waals surface area contributed by atoms with Crippen molar-refractivity contribution in [3.8, 4) is 0 Å². The van der Waals surface area contributed by atoms with E-state index in [1.807, 2.05) is 6.92 Å². The van der Waals surface area contributed by atoms with E-state index in [1.165, 1.54) is 17.4 Å². The van der Waals surface area contributed by atoms with E-state index in [0.29, 0.717) is 10.8 Å². The molecule has 21 heavy (non-hydrogen) atoms. The molecule has 2 N–H and O–H groups in total. The highest BCUT2D eigenvalue weighted by Gasteiger charge is 2.22. The fourth-order valence-corrected chi connectivity index (χ4v) is 3.14. The number of carbonyl (C=O) groups is 2. The normalized spacial score (nSPS) is 17.8. The Labute approximate surface area is 127 Å². The second-order valence-corrected chi connectivity index (χ2v) is 6.20. The Morgan fingerprint density at radius 2 is 2.14 bits per heavy atom. The number of carboxylic acids is 1. The van der Waals surface area contributed by atoms with Gasteiger partial charge in [-0.05, 0) is 43.9 Å². The summed E-state index contributed by atoms with van der Waals surface area (Å²) < 4.78 is 5.32. The zero-order valence-corrected chi connectivity index (χ0v) is 12.7. The summed E-state index contributed by atoms with van der Waals surface area (Å²) in [6.45, 7) is 3.54. The first-order valence-corrected chi connectivity index (χ1v) is 7.77. The molecule has 1 aromatic rings. The molecule has 0 radical (unpaired) electrons. The van der Waals surface area contributed by atoms with E-state index >= 15 is 0 Å². The Kier molecular flexibility index (Phi) is 5.52. The predicted molar refractivity (Wildman–Crippen MR) is 81.5 cm³/mol. The fourth-order valence-electron chi connectivity index (χ4n) is 2.33. The number of thiophene rings is 1. The van der Waals surface area contributed by atoms with Crippen molar-refractivity contribution in [1.82, 2.24) is 5.32 Å². The largest absolute Gasteiger partial charge is 0.478 e. The Balaban J connectivity index is 1.92. The smallest absolute Gasteiger partial charge is 0.328 e. The van der Waals surface area contributed by atoms with Gasteiger partial charge in [0.05, 0.1) is 4.88 Å². The Hall–Kier alpha value is -1.66. The summed E-state index contributed by atoms with van der Waals surface area (Å²) in [5, 5.41) is 11.6. The van der Waals surface area contributed by atoms with Gasteiger partial charge in [-0.2, -0.15) is 0 Å². The van der Waals surface area contributed by atoms with Gasteiger partial charge in [0.2, 0.25) is 0 Å². The molecule has 1 atom stereocenters. The second kappa shape index (κ2) is 7.38. The Morgan fingerprint density at radius 1 is 1.43 bits per heavy atom. The van der Waals surface area contributed by atoms with E-state index in [1.54, 1.807) is 12.1 Å². The molecule has 1 saturated heterocycles. The maximum Gasteiger partial charge on any atom is 0.328 e. The van der Waals surface area contributed by atoms with Gasteiger partial charge in [0.1, 0.15) is 0 Å². The molecule has 0 saturated carbocycles. The number of carboxylic acid groups (broad SMARTS) is 1. The van der Waals surface area contributed by atoms with Crippen LogP contribution < -0.4 is 5.32 Å². The average Bonchev–Trinajstić information content (AvgIpc) is 2.95. The highest BCUT2D eigenvalue weighted by atomic mass is 32.1. The van der Waals surface area contributed by atoms with E-state index in [-0.39, 0.29) is 11.9 Å². The first-order valence-electron chi connectivity index (χ1n) is 6.95. The number of aliphatic carboxylic acids is 1. The van der Waals surface area contributed by atoms with E-state index in [4.69, 9.17) is 9.84 Å². The summed E-state index contributed by atoms with van der Waals surface area (Å²) >= 11 is 1.28. The van der Waals surface area contributed by atoms with E-state index in [2.05, 4.69) is 5.32 Å². The highest BCUT2D eigenvalue weighted by Crippen LogP contribution is 2.21. The van der Waals surface area contributed by atoms with Gasteiger partial charge in [-0.3, -0.25) is 4.79 Å². The lowest BCUT2D eigenvalue weighted by molar-refractivity contribution is -0.131. The molecular weight excluding hydrogens is 290 g/mol. The van der Waals surface area contributed by atoms with Crippen LogP contribution in [-0.2, 0) is 9.53 Å². The van der Waals surface area contributed by atoms with Crippen LogP contribution in [0, 0.1) is 5.92 Å². The third-order valence-corrected chi connectivity index (χ3v) is 4.62. The van der Waals surface area contributed by atoms with Crippen molar-refractivity contribution >= 4 is 29.3 Å². The molecule has 1 aliphatic rings. The minimum atomic E-state index is -0.998. The summed E-state index contributed by atoms with van der Waals surface area (Å²) in [7, 11) is 0. The quantitative estimate of drug-likeness (QED) is 0.819. The first-order chi connectivity index (χ1) is 10.1. The highest BCUT2D eigenvalue weighted by molar-refractivity contribution is 7.14. The van der Waals surface area contributed by atoms with Crippen molar-refractivity contribution in [3.05, 3.63) is 28.0 Å². The number of nitrogens with one attached hydrogen (secondary N) is 1. The fraction of sp³-hybridized carbons (Fsp3) is 0.467. The van der Waals surface area contributed by atoms with Crippen molar-refractivity contribution in [1.29, 1.82) is 0 Å². The molecule has 5 nitrogen and oxygen atoms in total. The van der Waals surface area contributed by atoms with Crippen LogP contribution >= 0.6 is 11.3 Å². The third kappa shape index (κ3) is 4.68. The number of amides is 1. The van der Waals surface area contributed by atoms with Gasteiger partial charge in [0.25, 0.3) is 5.91 Å². The summed E-state index contributed by atoms with van der Waals surface area (Å²) in [5.41, 5.74) is 0. The average molecular weight is 309 g/mol. The molecule has 2 heterocycles. The van der Waals surface area contributed by atoms with Gasteiger partial charge in [-0.1, -0.05) is 0 Å². The molecule has 1 fully saturated rings. The molecule has 0 spiro atoms. The zero-order chi connectivity index (χ0) is 15.2. The number of hydrogen-bond acceptors (Lipinski definition) is 4. The molecule has 114 valence electrons. The summed E-state index contributed by atoms with van der Waals surface area (Å²) in [6, 6.07) is 3.58. The van der Waals surface area contributed by atoms with Crippen LogP contribution in [-0.4, -0.2) is 36.2 Å². The number of hydrogen-bond donors (Lipinski definition) is 2. The molecule has 1 amide bonds. The van der Waals surface area contributed by atoms with Crippen LogP contribution in [0.3, 0.4) is 0 Å². The third-order valence-electron chi connectivity index (χ3n) is 3.57. The molecule has 0 bridgehead atoms. The van der Waals surface area contributed by atoms with Gasteiger partial charge in [-0.25, -0.2) is 4.79 Å². The van der Waals surface area contributed by atoms with Crippen molar-refractivity contribution < 1.29 is 19.4 Å². The van der Waals surface area contributed by atoms with E-state index in [0.717, 1.165) is 37.0 Å². The van der Waals surface area contributed by atoms with Gasteiger partial charge in [0.15, 0.2) is 0 Å². The molecular formula is C15H19NO4S. The lowest BCUT2D eigenvalue weighted by Gasteiger charge is -2.28. The number of ether oxygens (including phenoxy) is 1. The van der Waals surface area contributed by atoms with Gasteiger partial charge in [0, 0.05) is 30.2 Å². The van der Waals surface area contributed by atoms with Gasteiger partial charge < -0.3 is 15.2 Å². The standard InChI is InChI=1S/C15H19NO4S/c1-10(11-6-8-20-9-7-11)16-15(19)13-4-2-12(21-13)3-5-14(17)18/h2-5,10-11H,6-9H2,1H3,(H,16,19)(H,17,18)/b5-3+. The Morgan fingerprint density at radius 3 is 2.81 bits per heavy atom. The molecule has 6 heteroatoms. The van der Waals surface area contributed by atoms with Crippen molar-refractivity contribution in [2.45, 2.75) is 25.8 Å². The lowest BCUT2D eigenvalue weighted by Crippen LogP contribution is -2.40. The zero-order valence-electron chi connectivity index (χ0n) is 11.9. The van der Waals surface area contributed by atoms with Crippen LogP contribution in [0.2, 0.25) is 0 Å². The Bertz CT molecular complexity index is 532. The minimum absolute atomic E-state index is 0.103. The number of rotatable bonds is 5. The van der Waals surface area contributed by atoms with Gasteiger partial charge in [-0.15, -0.1) is 11.3 Å². The summed E-state index contributed by atoms with van der Waals surface area (Å²) in [5.74, 6) is -0.648. The minimum Gasteiger partial charge on any atom is -0.478 e. The number of carbonyl (C=O) groups excluding carboxylic acids is 1. The van der Waals surface area contributed by atoms with Crippen molar-refractivity contribution in [2.24, 2.45) is 5.92 Å². The summed E-state index contributed by atoms with van der Waals surface area (Å²) in [4.78, 5) is 24.0. The van der Waals surface area contributed by atoms with Crippen molar-refractivity contribution in [2.75, 3.05) is 13.2 Å². The second-order valence-electron chi connectivity index (χ2n) is 5.09. The maximum absolute atomic E-state index is 12.2. The topological polar surface area (TPSA) is 75.6 Å². The summed E-state index contributed by atoms with van der Waals surface area (Å²) in [6.07, 6.45) is 4.50. The van der Waals surface area contributed by atoms with E-state index in [9.17, 15) is 9.59 Å². The molecule has 0 aliphatic carbocycles. The molecule has 1 aromatic heterocycles. The van der Waals surface area contributed by atoms with Crippen LogP contribution in [0.4, 0.5) is 0 Å². The van der Waals surface area contributed by atoms with Crippen molar-refractivity contribution in [3.63, 3.8) is 0 Å².